The van der Waals surface area contributed by atoms with Crippen molar-refractivity contribution in [2.75, 3.05) is 4.90 Å². The molecule has 2 atom stereocenters. The molecule has 0 aliphatic carbocycles. The first-order chi connectivity index (χ1) is 9.20. The van der Waals surface area contributed by atoms with Gasteiger partial charge in [-0.3, -0.25) is 4.79 Å². The lowest BCUT2D eigenvalue weighted by Crippen LogP contribution is -2.63. The molecule has 0 saturated carbocycles. The molecule has 1 aliphatic heterocycles. The van der Waals surface area contributed by atoms with E-state index in [1.807, 2.05) is 30.3 Å². The molecular formula is C15H13FN2O. The molecule has 0 radical (unpaired) electrons. The monoisotopic (exact) mass is 256 g/mol. The van der Waals surface area contributed by atoms with E-state index in [-0.39, 0.29) is 11.7 Å². The molecule has 1 fully saturated rings. The summed E-state index contributed by atoms with van der Waals surface area (Å²) in [5.41, 5.74) is 7.03. The van der Waals surface area contributed by atoms with E-state index in [0.29, 0.717) is 5.56 Å². The fourth-order valence-electron chi connectivity index (χ4n) is 2.44. The van der Waals surface area contributed by atoms with Crippen LogP contribution >= 0.6 is 0 Å². The summed E-state index contributed by atoms with van der Waals surface area (Å²) in [5.74, 6) is -0.518. The van der Waals surface area contributed by atoms with E-state index in [2.05, 4.69) is 0 Å². The SMILES string of the molecule is NC1C(=O)N(c2ccccc2)C1c1ccccc1F. The second-order valence-electron chi connectivity index (χ2n) is 4.54. The van der Waals surface area contributed by atoms with Crippen molar-refractivity contribution in [1.82, 2.24) is 0 Å². The molecule has 0 spiro atoms. The molecule has 19 heavy (non-hydrogen) atoms. The van der Waals surface area contributed by atoms with Gasteiger partial charge in [-0.05, 0) is 18.2 Å². The fourth-order valence-corrected chi connectivity index (χ4v) is 2.44. The lowest BCUT2D eigenvalue weighted by Gasteiger charge is -2.45. The van der Waals surface area contributed by atoms with Crippen LogP contribution in [0.1, 0.15) is 11.6 Å². The van der Waals surface area contributed by atoms with Crippen molar-refractivity contribution in [2.24, 2.45) is 5.73 Å². The molecule has 1 aliphatic rings. The Morgan fingerprint density at radius 2 is 1.63 bits per heavy atom. The number of anilines is 1. The molecule has 0 aromatic heterocycles. The van der Waals surface area contributed by atoms with E-state index >= 15 is 0 Å². The van der Waals surface area contributed by atoms with Crippen LogP contribution in [0.15, 0.2) is 54.6 Å². The van der Waals surface area contributed by atoms with Gasteiger partial charge in [0.1, 0.15) is 11.9 Å². The minimum Gasteiger partial charge on any atom is -0.318 e. The molecule has 1 saturated heterocycles. The van der Waals surface area contributed by atoms with Gasteiger partial charge in [-0.1, -0.05) is 36.4 Å². The molecule has 2 unspecified atom stereocenters. The van der Waals surface area contributed by atoms with Crippen LogP contribution in [-0.2, 0) is 4.79 Å². The van der Waals surface area contributed by atoms with E-state index in [0.717, 1.165) is 5.69 Å². The Morgan fingerprint density at radius 1 is 1.00 bits per heavy atom. The number of para-hydroxylation sites is 1. The van der Waals surface area contributed by atoms with Crippen LogP contribution in [0, 0.1) is 5.82 Å². The summed E-state index contributed by atoms with van der Waals surface area (Å²) in [6.45, 7) is 0. The second kappa shape index (κ2) is 4.48. The maximum atomic E-state index is 13.9. The normalized spacial score (nSPS) is 22.2. The van der Waals surface area contributed by atoms with Crippen molar-refractivity contribution in [1.29, 1.82) is 0 Å². The number of carbonyl (C=O) groups excluding carboxylic acids is 1. The second-order valence-corrected chi connectivity index (χ2v) is 4.54. The van der Waals surface area contributed by atoms with Gasteiger partial charge in [0.25, 0.3) is 0 Å². The predicted octanol–water partition coefficient (Wildman–Crippen LogP) is 2.24. The third-order valence-electron chi connectivity index (χ3n) is 3.40. The first kappa shape index (κ1) is 11.9. The average Bonchev–Trinajstić information content (AvgIpc) is 2.46. The van der Waals surface area contributed by atoms with E-state index in [9.17, 15) is 9.18 Å². The lowest BCUT2D eigenvalue weighted by molar-refractivity contribution is -0.126. The number of hydrogen-bond donors (Lipinski definition) is 1. The summed E-state index contributed by atoms with van der Waals surface area (Å²) in [5, 5.41) is 0. The van der Waals surface area contributed by atoms with Crippen molar-refractivity contribution >= 4 is 11.6 Å². The van der Waals surface area contributed by atoms with Crippen molar-refractivity contribution in [2.45, 2.75) is 12.1 Å². The number of halogens is 1. The number of benzene rings is 2. The van der Waals surface area contributed by atoms with Crippen LogP contribution in [-0.4, -0.2) is 11.9 Å². The fraction of sp³-hybridized carbons (Fsp3) is 0.133. The Balaban J connectivity index is 2.01. The molecule has 2 N–H and O–H groups in total. The highest BCUT2D eigenvalue weighted by atomic mass is 19.1. The van der Waals surface area contributed by atoms with Gasteiger partial charge in [-0.2, -0.15) is 0 Å². The van der Waals surface area contributed by atoms with Gasteiger partial charge < -0.3 is 10.6 Å². The number of rotatable bonds is 2. The van der Waals surface area contributed by atoms with Gasteiger partial charge in [0.05, 0.1) is 6.04 Å². The molecular weight excluding hydrogens is 243 g/mol. The first-order valence-corrected chi connectivity index (χ1v) is 6.08. The largest absolute Gasteiger partial charge is 0.318 e. The number of hydrogen-bond acceptors (Lipinski definition) is 2. The minimum absolute atomic E-state index is 0.181. The molecule has 4 heteroatoms. The topological polar surface area (TPSA) is 46.3 Å². The van der Waals surface area contributed by atoms with Gasteiger partial charge in [0, 0.05) is 11.3 Å². The van der Waals surface area contributed by atoms with Crippen molar-refractivity contribution < 1.29 is 9.18 Å². The first-order valence-electron chi connectivity index (χ1n) is 6.08. The van der Waals surface area contributed by atoms with Gasteiger partial charge in [-0.25, -0.2) is 4.39 Å². The molecule has 1 heterocycles. The maximum absolute atomic E-state index is 13.9. The van der Waals surface area contributed by atoms with Crippen LogP contribution < -0.4 is 10.6 Å². The molecule has 0 bridgehead atoms. The standard InChI is InChI=1S/C15H13FN2O/c16-12-9-5-4-8-11(12)14-13(17)15(19)18(14)10-6-2-1-3-7-10/h1-9,13-14H,17H2. The summed E-state index contributed by atoms with van der Waals surface area (Å²) in [6.07, 6.45) is 0. The highest BCUT2D eigenvalue weighted by Gasteiger charge is 2.47. The van der Waals surface area contributed by atoms with Gasteiger partial charge in [0.2, 0.25) is 5.91 Å². The number of β-lactam (4-membered cyclic amide) rings is 1. The summed E-state index contributed by atoms with van der Waals surface area (Å²) in [6, 6.07) is 14.5. The van der Waals surface area contributed by atoms with Crippen LogP contribution in [0.25, 0.3) is 0 Å². The van der Waals surface area contributed by atoms with E-state index < -0.39 is 12.1 Å². The van der Waals surface area contributed by atoms with Crippen molar-refractivity contribution in [3.8, 4) is 0 Å². The predicted molar refractivity (Wildman–Crippen MR) is 71.0 cm³/mol. The average molecular weight is 256 g/mol. The molecule has 2 aromatic rings. The zero-order valence-corrected chi connectivity index (χ0v) is 10.2. The van der Waals surface area contributed by atoms with E-state index in [1.165, 1.54) is 6.07 Å². The summed E-state index contributed by atoms with van der Waals surface area (Å²) in [4.78, 5) is 13.5. The lowest BCUT2D eigenvalue weighted by atomic mass is 9.88. The summed E-state index contributed by atoms with van der Waals surface area (Å²) < 4.78 is 13.9. The van der Waals surface area contributed by atoms with Crippen LogP contribution in [0.4, 0.5) is 10.1 Å². The third-order valence-corrected chi connectivity index (χ3v) is 3.40. The number of amides is 1. The molecule has 96 valence electrons. The van der Waals surface area contributed by atoms with Gasteiger partial charge >= 0.3 is 0 Å². The number of nitrogens with zero attached hydrogens (tertiary/aromatic N) is 1. The minimum atomic E-state index is -0.683. The van der Waals surface area contributed by atoms with Crippen molar-refractivity contribution in [3.63, 3.8) is 0 Å². The van der Waals surface area contributed by atoms with Crippen LogP contribution in [0.2, 0.25) is 0 Å². The Morgan fingerprint density at radius 3 is 2.32 bits per heavy atom. The summed E-state index contributed by atoms with van der Waals surface area (Å²) in [7, 11) is 0. The maximum Gasteiger partial charge on any atom is 0.247 e. The number of nitrogens with two attached hydrogens (primary N) is 1. The van der Waals surface area contributed by atoms with Crippen LogP contribution in [0.5, 0.6) is 0 Å². The zero-order valence-electron chi connectivity index (χ0n) is 10.2. The molecule has 2 aromatic carbocycles. The van der Waals surface area contributed by atoms with Gasteiger partial charge in [-0.15, -0.1) is 0 Å². The smallest absolute Gasteiger partial charge is 0.247 e. The third kappa shape index (κ3) is 1.81. The number of carbonyl (C=O) groups is 1. The Hall–Kier alpha value is -2.20. The Bertz CT molecular complexity index is 615. The molecule has 3 nitrogen and oxygen atoms in total. The zero-order chi connectivity index (χ0) is 13.4. The van der Waals surface area contributed by atoms with E-state index in [4.69, 9.17) is 5.73 Å². The van der Waals surface area contributed by atoms with Crippen molar-refractivity contribution in [3.05, 3.63) is 66.0 Å². The van der Waals surface area contributed by atoms with Gasteiger partial charge in [0.15, 0.2) is 0 Å². The molecule has 1 amide bonds. The van der Waals surface area contributed by atoms with Crippen LogP contribution in [0.3, 0.4) is 0 Å². The Labute approximate surface area is 110 Å². The highest BCUT2D eigenvalue weighted by Crippen LogP contribution is 2.38. The van der Waals surface area contributed by atoms with E-state index in [1.54, 1.807) is 23.1 Å². The summed E-state index contributed by atoms with van der Waals surface area (Å²) >= 11 is 0. The Kier molecular flexibility index (Phi) is 2.80. The highest BCUT2D eigenvalue weighted by molar-refractivity contribution is 6.05. The molecule has 3 rings (SSSR count). The quantitative estimate of drug-likeness (QED) is 0.838.